The van der Waals surface area contributed by atoms with E-state index >= 15 is 0 Å². The van der Waals surface area contributed by atoms with Crippen molar-refractivity contribution >= 4 is 38.9 Å². The summed E-state index contributed by atoms with van der Waals surface area (Å²) in [5.74, 6) is 0.738. The fourth-order valence-electron chi connectivity index (χ4n) is 2.79. The molecule has 0 atom stereocenters. The topological polar surface area (TPSA) is 101 Å². The van der Waals surface area contributed by atoms with Crippen LogP contribution in [-0.4, -0.2) is 44.4 Å². The minimum atomic E-state index is -4.01. The van der Waals surface area contributed by atoms with Crippen LogP contribution >= 0.6 is 11.6 Å². The van der Waals surface area contributed by atoms with E-state index in [9.17, 15) is 13.2 Å². The molecule has 0 aliphatic heterocycles. The second kappa shape index (κ2) is 9.54. The number of nitrogens with one attached hydrogen (secondary N) is 1. The molecule has 3 rings (SSSR count). The highest BCUT2D eigenvalue weighted by Crippen LogP contribution is 2.25. The molecule has 0 radical (unpaired) electrons. The van der Waals surface area contributed by atoms with Gasteiger partial charge in [-0.25, -0.2) is 18.4 Å². The molecule has 0 saturated heterocycles. The Morgan fingerprint density at radius 1 is 1.06 bits per heavy atom. The Morgan fingerprint density at radius 2 is 1.75 bits per heavy atom. The fourth-order valence-corrected chi connectivity index (χ4v) is 4.01. The molecule has 32 heavy (non-hydrogen) atoms. The molecule has 0 aliphatic carbocycles. The third kappa shape index (κ3) is 5.54. The van der Waals surface area contributed by atoms with Crippen molar-refractivity contribution in [3.05, 3.63) is 71.1 Å². The van der Waals surface area contributed by atoms with Crippen molar-refractivity contribution < 1.29 is 17.9 Å². The molecule has 0 amide bonds. The first-order valence-corrected chi connectivity index (χ1v) is 11.6. The molecule has 0 bridgehead atoms. The van der Waals surface area contributed by atoms with Crippen molar-refractivity contribution in [2.75, 3.05) is 23.7 Å². The van der Waals surface area contributed by atoms with Crippen LogP contribution in [-0.2, 0) is 10.0 Å². The number of halogens is 1. The highest BCUT2D eigenvalue weighted by atomic mass is 35.5. The van der Waals surface area contributed by atoms with Gasteiger partial charge >= 0.3 is 0 Å². The Balaban J connectivity index is 1.91. The van der Waals surface area contributed by atoms with E-state index in [2.05, 4.69) is 14.7 Å². The van der Waals surface area contributed by atoms with Gasteiger partial charge in [0.1, 0.15) is 17.3 Å². The summed E-state index contributed by atoms with van der Waals surface area (Å²) in [6.45, 7) is 3.75. The van der Waals surface area contributed by atoms with E-state index in [0.717, 1.165) is 0 Å². The largest absolute Gasteiger partial charge is 0.491 e. The summed E-state index contributed by atoms with van der Waals surface area (Å²) < 4.78 is 33.8. The minimum Gasteiger partial charge on any atom is -0.491 e. The van der Waals surface area contributed by atoms with Crippen LogP contribution in [0.5, 0.6) is 5.75 Å². The lowest BCUT2D eigenvalue weighted by Crippen LogP contribution is -2.17. The van der Waals surface area contributed by atoms with Gasteiger partial charge < -0.3 is 9.64 Å². The Bertz CT molecular complexity index is 1210. The standard InChI is InChI=1S/C22H23ClN4O4S/c1-14(2)31-17-6-8-18(9-7-17)32(29,30)26-19-11-16(23)13-25-21(19)22(28)15-5-10-20(24-12-15)27(3)4/h5-14,26H,1-4H3. The van der Waals surface area contributed by atoms with Crippen LogP contribution in [0.1, 0.15) is 29.9 Å². The lowest BCUT2D eigenvalue weighted by Gasteiger charge is -2.14. The molecule has 168 valence electrons. The van der Waals surface area contributed by atoms with Gasteiger partial charge in [-0.1, -0.05) is 11.6 Å². The zero-order chi connectivity index (χ0) is 23.5. The molecule has 1 aromatic carbocycles. The maximum atomic E-state index is 13.0. The number of ketones is 1. The van der Waals surface area contributed by atoms with Crippen molar-refractivity contribution in [1.29, 1.82) is 0 Å². The van der Waals surface area contributed by atoms with Crippen LogP contribution in [0.3, 0.4) is 0 Å². The number of benzene rings is 1. The van der Waals surface area contributed by atoms with Gasteiger partial charge in [-0.3, -0.25) is 9.52 Å². The molecule has 0 aliphatic rings. The first kappa shape index (κ1) is 23.5. The molecule has 0 fully saturated rings. The quantitative estimate of drug-likeness (QED) is 0.492. The Hall–Kier alpha value is -3.17. The molecule has 0 unspecified atom stereocenters. The third-order valence-electron chi connectivity index (χ3n) is 4.29. The smallest absolute Gasteiger partial charge is 0.261 e. The monoisotopic (exact) mass is 474 g/mol. The number of anilines is 2. The summed E-state index contributed by atoms with van der Waals surface area (Å²) in [5, 5.41) is 0.181. The predicted molar refractivity (Wildman–Crippen MR) is 124 cm³/mol. The van der Waals surface area contributed by atoms with Gasteiger partial charge in [0.05, 0.1) is 21.7 Å². The van der Waals surface area contributed by atoms with Crippen molar-refractivity contribution in [3.8, 4) is 5.75 Å². The van der Waals surface area contributed by atoms with Crippen molar-refractivity contribution in [1.82, 2.24) is 9.97 Å². The highest BCUT2D eigenvalue weighted by molar-refractivity contribution is 7.92. The van der Waals surface area contributed by atoms with E-state index in [1.54, 1.807) is 29.2 Å². The lowest BCUT2D eigenvalue weighted by molar-refractivity contribution is 0.103. The first-order valence-electron chi connectivity index (χ1n) is 9.70. The van der Waals surface area contributed by atoms with Gasteiger partial charge in [-0.2, -0.15) is 0 Å². The Labute approximate surface area is 192 Å². The van der Waals surface area contributed by atoms with Gasteiger partial charge in [-0.15, -0.1) is 0 Å². The molecule has 0 saturated carbocycles. The van der Waals surface area contributed by atoms with E-state index in [1.165, 1.54) is 30.6 Å². The van der Waals surface area contributed by atoms with E-state index < -0.39 is 15.8 Å². The predicted octanol–water partition coefficient (Wildman–Crippen LogP) is 4.02. The molecule has 2 aromatic heterocycles. The number of carbonyl (C=O) groups is 1. The number of nitrogens with zero attached hydrogens (tertiary/aromatic N) is 3. The first-order chi connectivity index (χ1) is 15.1. The van der Waals surface area contributed by atoms with Crippen molar-refractivity contribution in [3.63, 3.8) is 0 Å². The average molecular weight is 475 g/mol. The molecular weight excluding hydrogens is 452 g/mol. The highest BCUT2D eigenvalue weighted by Gasteiger charge is 2.22. The van der Waals surface area contributed by atoms with Crippen LogP contribution < -0.4 is 14.4 Å². The zero-order valence-corrected chi connectivity index (χ0v) is 19.6. The number of pyridine rings is 2. The number of hydrogen-bond acceptors (Lipinski definition) is 7. The van der Waals surface area contributed by atoms with E-state index in [-0.39, 0.29) is 33.0 Å². The Morgan fingerprint density at radius 3 is 2.31 bits per heavy atom. The second-order valence-electron chi connectivity index (χ2n) is 7.42. The van der Waals surface area contributed by atoms with E-state index in [0.29, 0.717) is 11.6 Å². The zero-order valence-electron chi connectivity index (χ0n) is 18.0. The fraction of sp³-hybridized carbons (Fsp3) is 0.227. The summed E-state index contributed by atoms with van der Waals surface area (Å²) in [5.41, 5.74) is 0.153. The number of carbonyl (C=O) groups excluding carboxylic acids is 1. The molecule has 2 heterocycles. The second-order valence-corrected chi connectivity index (χ2v) is 9.54. The number of sulfonamides is 1. The van der Waals surface area contributed by atoms with E-state index in [4.69, 9.17) is 16.3 Å². The lowest BCUT2D eigenvalue weighted by atomic mass is 10.1. The van der Waals surface area contributed by atoms with Gasteiger partial charge in [0, 0.05) is 32.1 Å². The molecule has 0 spiro atoms. The van der Waals surface area contributed by atoms with Gasteiger partial charge in [0.15, 0.2) is 0 Å². The third-order valence-corrected chi connectivity index (χ3v) is 5.88. The normalized spacial score (nSPS) is 11.3. The summed E-state index contributed by atoms with van der Waals surface area (Å²) >= 11 is 6.02. The van der Waals surface area contributed by atoms with Crippen LogP contribution in [0.2, 0.25) is 5.02 Å². The van der Waals surface area contributed by atoms with E-state index in [1.807, 2.05) is 27.9 Å². The Kier molecular flexibility index (Phi) is 7.00. The summed E-state index contributed by atoms with van der Waals surface area (Å²) in [6.07, 6.45) is 2.66. The molecular formula is C22H23ClN4O4S. The molecule has 10 heteroatoms. The van der Waals surface area contributed by atoms with Gasteiger partial charge in [0.25, 0.3) is 10.0 Å². The van der Waals surface area contributed by atoms with Crippen LogP contribution in [0.4, 0.5) is 11.5 Å². The van der Waals surface area contributed by atoms with Crippen LogP contribution in [0, 0.1) is 0 Å². The maximum absolute atomic E-state index is 13.0. The van der Waals surface area contributed by atoms with Crippen molar-refractivity contribution in [2.24, 2.45) is 0 Å². The molecule has 1 N–H and O–H groups in total. The van der Waals surface area contributed by atoms with Gasteiger partial charge in [0.2, 0.25) is 5.78 Å². The number of rotatable bonds is 8. The SMILES string of the molecule is CC(C)Oc1ccc(S(=O)(=O)Nc2cc(Cl)cnc2C(=O)c2ccc(N(C)C)nc2)cc1. The average Bonchev–Trinajstić information content (AvgIpc) is 2.73. The number of ether oxygens (including phenoxy) is 1. The number of hydrogen-bond donors (Lipinski definition) is 1. The van der Waals surface area contributed by atoms with Crippen molar-refractivity contribution in [2.45, 2.75) is 24.8 Å². The van der Waals surface area contributed by atoms with Gasteiger partial charge in [-0.05, 0) is 56.3 Å². The summed E-state index contributed by atoms with van der Waals surface area (Å²) in [4.78, 5) is 23.1. The summed E-state index contributed by atoms with van der Waals surface area (Å²) in [6, 6.07) is 10.6. The molecule has 8 nitrogen and oxygen atoms in total. The molecule has 3 aromatic rings. The maximum Gasteiger partial charge on any atom is 0.261 e. The van der Waals surface area contributed by atoms with Crippen LogP contribution in [0.25, 0.3) is 0 Å². The van der Waals surface area contributed by atoms with Crippen LogP contribution in [0.15, 0.2) is 59.8 Å². The summed E-state index contributed by atoms with van der Waals surface area (Å²) in [7, 11) is -0.346. The minimum absolute atomic E-state index is 0.00369. The number of aromatic nitrogens is 2.